The van der Waals surface area contributed by atoms with Crippen LogP contribution in [0, 0.1) is 11.8 Å². The molecule has 0 radical (unpaired) electrons. The molecule has 1 aromatic carbocycles. The number of aryl methyl sites for hydroxylation is 1. The van der Waals surface area contributed by atoms with Gasteiger partial charge in [-0.3, -0.25) is 19.3 Å². The van der Waals surface area contributed by atoms with Gasteiger partial charge in [0.15, 0.2) is 11.4 Å². The summed E-state index contributed by atoms with van der Waals surface area (Å²) in [5.41, 5.74) is 9.57. The summed E-state index contributed by atoms with van der Waals surface area (Å²) in [6.07, 6.45) is 1.81. The molecule has 1 amide bonds. The van der Waals surface area contributed by atoms with E-state index in [2.05, 4.69) is 0 Å². The summed E-state index contributed by atoms with van der Waals surface area (Å²) in [5.74, 6) is -6.56. The number of rotatable bonds is 5. The van der Waals surface area contributed by atoms with Crippen molar-refractivity contribution >= 4 is 23.2 Å². The Morgan fingerprint density at radius 2 is 1.86 bits per heavy atom. The molecule has 8 N–H and O–H groups in total. The Balaban J connectivity index is 1.99. The topological polar surface area (TPSA) is 187 Å². The summed E-state index contributed by atoms with van der Waals surface area (Å²) in [5, 5.41) is 44.6. The molecule has 10 nitrogen and oxygen atoms in total. The minimum atomic E-state index is -2.64. The second-order valence-electron chi connectivity index (χ2n) is 9.81. The number of nitrogens with two attached hydrogens (primary N) is 2. The lowest BCUT2D eigenvalue weighted by atomic mass is 9.57. The number of aliphatic hydroxyl groups is 3. The molecule has 4 atom stereocenters. The van der Waals surface area contributed by atoms with Crippen LogP contribution in [0.1, 0.15) is 42.0 Å². The molecular formula is C25H31N3O7. The van der Waals surface area contributed by atoms with Crippen LogP contribution in [0.25, 0.3) is 5.76 Å². The first-order valence-electron chi connectivity index (χ1n) is 11.6. The third-order valence-electron chi connectivity index (χ3n) is 7.63. The maximum atomic E-state index is 13.8. The number of phenolic OH excluding ortho intramolecular Hbond substituents is 1. The third kappa shape index (κ3) is 3.31. The van der Waals surface area contributed by atoms with Gasteiger partial charge in [-0.25, -0.2) is 0 Å². The average molecular weight is 486 g/mol. The summed E-state index contributed by atoms with van der Waals surface area (Å²) < 4.78 is 0. The molecule has 0 bridgehead atoms. The molecule has 188 valence electrons. The van der Waals surface area contributed by atoms with E-state index in [9.17, 15) is 34.8 Å². The van der Waals surface area contributed by atoms with Gasteiger partial charge in [-0.2, -0.15) is 0 Å². The lowest BCUT2D eigenvalue weighted by molar-refractivity contribution is -0.153. The predicted molar refractivity (Wildman–Crippen MR) is 126 cm³/mol. The first kappa shape index (κ1) is 24.9. The van der Waals surface area contributed by atoms with Gasteiger partial charge < -0.3 is 31.9 Å². The van der Waals surface area contributed by atoms with Crippen molar-refractivity contribution in [1.29, 1.82) is 0 Å². The summed E-state index contributed by atoms with van der Waals surface area (Å²) in [6.45, 7) is 2.01. The number of likely N-dealkylation sites (N-methyl/N-ethyl adjacent to an activating group) is 1. The highest BCUT2D eigenvalue weighted by molar-refractivity contribution is 6.24. The molecule has 1 unspecified atom stereocenters. The van der Waals surface area contributed by atoms with E-state index < -0.39 is 58.0 Å². The second kappa shape index (κ2) is 8.47. The van der Waals surface area contributed by atoms with Gasteiger partial charge in [-0.15, -0.1) is 0 Å². The van der Waals surface area contributed by atoms with E-state index in [1.165, 1.54) is 4.90 Å². The van der Waals surface area contributed by atoms with Gasteiger partial charge in [0, 0.05) is 23.6 Å². The molecule has 10 heteroatoms. The Kier molecular flexibility index (Phi) is 6.03. The van der Waals surface area contributed by atoms with E-state index in [0.29, 0.717) is 17.5 Å². The summed E-state index contributed by atoms with van der Waals surface area (Å²) >= 11 is 0. The lowest BCUT2D eigenvalue weighted by Crippen LogP contribution is -2.65. The Labute approximate surface area is 202 Å². The number of fused-ring (bicyclic) bond motifs is 3. The fourth-order valence-corrected chi connectivity index (χ4v) is 6.10. The Bertz CT molecular complexity index is 1220. The second-order valence-corrected chi connectivity index (χ2v) is 9.81. The third-order valence-corrected chi connectivity index (χ3v) is 7.63. The molecule has 1 saturated carbocycles. The molecule has 0 aromatic heterocycles. The van der Waals surface area contributed by atoms with Gasteiger partial charge in [0.05, 0.1) is 11.6 Å². The van der Waals surface area contributed by atoms with Crippen LogP contribution in [0.3, 0.4) is 0 Å². The van der Waals surface area contributed by atoms with Gasteiger partial charge in [0.1, 0.15) is 22.8 Å². The van der Waals surface area contributed by atoms with Gasteiger partial charge in [-0.1, -0.05) is 19.4 Å². The smallest absolute Gasteiger partial charge is 0.255 e. The van der Waals surface area contributed by atoms with E-state index in [4.69, 9.17) is 11.5 Å². The number of carbonyl (C=O) groups excluding carboxylic acids is 3. The number of aromatic hydroxyl groups is 1. The number of benzene rings is 1. The number of Topliss-reactive ketones (excluding diaryl/α,β-unsaturated/α-hetero) is 2. The Morgan fingerprint density at radius 1 is 1.20 bits per heavy atom. The number of aliphatic hydroxyl groups excluding tert-OH is 2. The molecule has 1 fully saturated rings. The summed E-state index contributed by atoms with van der Waals surface area (Å²) in [7, 11) is 3.14. The quantitative estimate of drug-likeness (QED) is 0.320. The van der Waals surface area contributed by atoms with Crippen LogP contribution in [0.4, 0.5) is 0 Å². The van der Waals surface area contributed by atoms with Crippen molar-refractivity contribution in [2.45, 2.75) is 50.8 Å². The van der Waals surface area contributed by atoms with Crippen molar-refractivity contribution in [1.82, 2.24) is 4.90 Å². The number of amides is 1. The Morgan fingerprint density at radius 3 is 2.40 bits per heavy atom. The highest BCUT2D eigenvalue weighted by atomic mass is 16.3. The molecule has 0 aliphatic heterocycles. The SMILES string of the molecule is CCCc1cc(CN)c(O)c2c1CC1C[C@H]3[C@H](N(C)C)C(=O)C(C(N)=O)=C(O)[C@@]3(O)C(=O)C1=C2O. The average Bonchev–Trinajstić information content (AvgIpc) is 2.77. The number of hydrogen-bond donors (Lipinski definition) is 6. The largest absolute Gasteiger partial charge is 0.508 e. The highest BCUT2D eigenvalue weighted by Gasteiger charge is 2.64. The maximum absolute atomic E-state index is 13.8. The van der Waals surface area contributed by atoms with Crippen LogP contribution in [-0.4, -0.2) is 68.5 Å². The summed E-state index contributed by atoms with van der Waals surface area (Å²) in [4.78, 5) is 40.4. The fraction of sp³-hybridized carbons (Fsp3) is 0.480. The molecule has 4 rings (SSSR count). The van der Waals surface area contributed by atoms with Crippen LogP contribution < -0.4 is 11.5 Å². The van der Waals surface area contributed by atoms with E-state index in [1.807, 2.05) is 6.92 Å². The maximum Gasteiger partial charge on any atom is 0.255 e. The molecule has 1 aromatic rings. The molecule has 0 spiro atoms. The van der Waals surface area contributed by atoms with Crippen molar-refractivity contribution in [3.8, 4) is 5.75 Å². The minimum Gasteiger partial charge on any atom is -0.508 e. The standard InChI is InChI=1S/C25H31N3O7/c1-4-5-10-6-12(9-26)19(29)16-13(10)7-11-8-14-18(28(2)3)21(31)17(24(27)34)23(33)25(14,35)22(32)15(11)20(16)30/h6,11,14,18,29-30,33,35H,4-5,7-9,26H2,1-3H3,(H2,27,34)/t11?,14-,18-,25-/m0/s1. The fourth-order valence-electron chi connectivity index (χ4n) is 6.10. The normalized spacial score (nSPS) is 28.2. The molecule has 35 heavy (non-hydrogen) atoms. The highest BCUT2D eigenvalue weighted by Crippen LogP contribution is 2.53. The molecule has 3 aliphatic rings. The molecule has 3 aliphatic carbocycles. The van der Waals surface area contributed by atoms with E-state index in [1.54, 1.807) is 20.2 Å². The molecule has 0 heterocycles. The number of phenols is 1. The number of carbonyl (C=O) groups is 3. The minimum absolute atomic E-state index is 0.0138. The zero-order chi connectivity index (χ0) is 26.0. The van der Waals surface area contributed by atoms with Crippen LogP contribution >= 0.6 is 0 Å². The van der Waals surface area contributed by atoms with Crippen molar-refractivity contribution in [3.05, 3.63) is 45.2 Å². The molecular weight excluding hydrogens is 454 g/mol. The van der Waals surface area contributed by atoms with Crippen molar-refractivity contribution in [2.24, 2.45) is 23.3 Å². The zero-order valence-corrected chi connectivity index (χ0v) is 20.0. The predicted octanol–water partition coefficient (Wildman–Crippen LogP) is 0.375. The molecule has 0 saturated heterocycles. The van der Waals surface area contributed by atoms with Crippen LogP contribution in [0.2, 0.25) is 0 Å². The van der Waals surface area contributed by atoms with Crippen molar-refractivity contribution < 1.29 is 34.8 Å². The van der Waals surface area contributed by atoms with E-state index in [-0.39, 0.29) is 36.3 Å². The van der Waals surface area contributed by atoms with Crippen molar-refractivity contribution in [3.63, 3.8) is 0 Å². The van der Waals surface area contributed by atoms with Gasteiger partial charge in [0.25, 0.3) is 5.91 Å². The number of nitrogens with zero attached hydrogens (tertiary/aromatic N) is 1. The van der Waals surface area contributed by atoms with Crippen LogP contribution in [-0.2, 0) is 33.8 Å². The van der Waals surface area contributed by atoms with E-state index in [0.717, 1.165) is 12.0 Å². The van der Waals surface area contributed by atoms with Gasteiger partial charge in [0.2, 0.25) is 5.78 Å². The number of hydrogen-bond acceptors (Lipinski definition) is 9. The zero-order valence-electron chi connectivity index (χ0n) is 20.0. The first-order valence-corrected chi connectivity index (χ1v) is 11.6. The van der Waals surface area contributed by atoms with E-state index >= 15 is 0 Å². The van der Waals surface area contributed by atoms with Gasteiger partial charge >= 0.3 is 0 Å². The monoisotopic (exact) mass is 485 g/mol. The number of ketones is 2. The van der Waals surface area contributed by atoms with Crippen molar-refractivity contribution in [2.75, 3.05) is 14.1 Å². The first-order chi connectivity index (χ1) is 16.4. The number of primary amides is 1. The lowest BCUT2D eigenvalue weighted by Gasteiger charge is -2.50. The Hall–Kier alpha value is -3.21. The van der Waals surface area contributed by atoms with Crippen LogP contribution in [0.15, 0.2) is 23.0 Å². The van der Waals surface area contributed by atoms with Gasteiger partial charge in [-0.05, 0) is 50.4 Å². The summed E-state index contributed by atoms with van der Waals surface area (Å²) in [6, 6.07) is 0.702. The van der Waals surface area contributed by atoms with Crippen LogP contribution in [0.5, 0.6) is 5.75 Å².